The van der Waals surface area contributed by atoms with Crippen molar-refractivity contribution in [3.63, 3.8) is 0 Å². The van der Waals surface area contributed by atoms with Gasteiger partial charge in [0.25, 0.3) is 0 Å². The van der Waals surface area contributed by atoms with Crippen LogP contribution in [0.15, 0.2) is 34.8 Å². The fourth-order valence-corrected chi connectivity index (χ4v) is 3.41. The quantitative estimate of drug-likeness (QED) is 0.518. The Bertz CT molecular complexity index is 819. The van der Waals surface area contributed by atoms with Crippen molar-refractivity contribution in [3.05, 3.63) is 40.4 Å². The van der Waals surface area contributed by atoms with Crippen LogP contribution >= 0.6 is 15.9 Å². The number of aliphatic hydroxyl groups excluding tert-OH is 1. The average molecular weight is 468 g/mol. The van der Waals surface area contributed by atoms with Crippen molar-refractivity contribution in [2.75, 3.05) is 20.3 Å². The molecule has 0 aliphatic heterocycles. The van der Waals surface area contributed by atoms with Crippen molar-refractivity contribution in [3.8, 4) is 5.75 Å². The van der Waals surface area contributed by atoms with Gasteiger partial charge in [0, 0.05) is 17.1 Å². The lowest BCUT2D eigenvalue weighted by Crippen LogP contribution is -2.41. The molecule has 6 nitrogen and oxygen atoms in total. The Hall–Kier alpha value is -1.83. The number of benzene rings is 2. The zero-order chi connectivity index (χ0) is 21.4. The van der Waals surface area contributed by atoms with Crippen molar-refractivity contribution in [2.24, 2.45) is 0 Å². The lowest BCUT2D eigenvalue weighted by molar-refractivity contribution is 0.0461. The Balaban J connectivity index is 1.92. The summed E-state index contributed by atoms with van der Waals surface area (Å²) in [7, 11) is 1.60. The summed E-state index contributed by atoms with van der Waals surface area (Å²) in [6.07, 6.45) is 0.943. The van der Waals surface area contributed by atoms with Gasteiger partial charge in [0.05, 0.1) is 25.9 Å². The van der Waals surface area contributed by atoms with E-state index in [1.54, 1.807) is 7.11 Å². The topological polar surface area (TPSA) is 77.0 Å². The number of nitrogens with one attached hydrogen (secondary N) is 1. The lowest BCUT2D eigenvalue weighted by atomic mass is 10.0. The van der Waals surface area contributed by atoms with Crippen LogP contribution in [-0.4, -0.2) is 43.2 Å². The lowest BCUT2D eigenvalue weighted by Gasteiger charge is -2.23. The summed E-state index contributed by atoms with van der Waals surface area (Å²) >= 11 is 3.46. The smallest absolute Gasteiger partial charge is 0.407 e. The van der Waals surface area contributed by atoms with Gasteiger partial charge in [0.15, 0.2) is 0 Å². The zero-order valence-electron chi connectivity index (χ0n) is 17.5. The number of aliphatic hydroxyl groups is 1. The summed E-state index contributed by atoms with van der Waals surface area (Å²) in [4.78, 5) is 12.0. The molecule has 1 atom stereocenters. The first-order chi connectivity index (χ1) is 13.7. The minimum Gasteiger partial charge on any atom is -0.493 e. The number of alkyl carbamates (subject to hydrolysis) is 1. The summed E-state index contributed by atoms with van der Waals surface area (Å²) < 4.78 is 17.4. The molecule has 160 valence electrons. The first-order valence-electron chi connectivity index (χ1n) is 9.66. The third kappa shape index (κ3) is 7.49. The highest BCUT2D eigenvalue weighted by Gasteiger charge is 2.19. The van der Waals surface area contributed by atoms with Crippen LogP contribution in [0, 0.1) is 0 Å². The van der Waals surface area contributed by atoms with Crippen molar-refractivity contribution >= 4 is 32.8 Å². The van der Waals surface area contributed by atoms with Crippen LogP contribution in [-0.2, 0) is 16.1 Å². The number of ether oxygens (including phenoxy) is 3. The minimum absolute atomic E-state index is 0.0964. The number of hydrogen-bond acceptors (Lipinski definition) is 5. The number of carbonyl (C=O) groups excluding carboxylic acids is 1. The second-order valence-electron chi connectivity index (χ2n) is 7.86. The molecular formula is C22H30BrNO5. The highest BCUT2D eigenvalue weighted by molar-refractivity contribution is 9.10. The predicted octanol–water partition coefficient (Wildman–Crippen LogP) is 4.79. The molecule has 0 fully saturated rings. The third-order valence-electron chi connectivity index (χ3n) is 4.25. The molecule has 29 heavy (non-hydrogen) atoms. The van der Waals surface area contributed by atoms with E-state index >= 15 is 0 Å². The van der Waals surface area contributed by atoms with Gasteiger partial charge in [-0.1, -0.05) is 28.1 Å². The maximum absolute atomic E-state index is 12.0. The highest BCUT2D eigenvalue weighted by atomic mass is 79.9. The van der Waals surface area contributed by atoms with Crippen LogP contribution in [0.25, 0.3) is 10.8 Å². The Morgan fingerprint density at radius 3 is 2.66 bits per heavy atom. The molecule has 1 amide bonds. The Kier molecular flexibility index (Phi) is 8.74. The molecule has 0 unspecified atom stereocenters. The molecule has 0 radical (unpaired) electrons. The van der Waals surface area contributed by atoms with E-state index in [4.69, 9.17) is 14.2 Å². The second-order valence-corrected chi connectivity index (χ2v) is 8.77. The summed E-state index contributed by atoms with van der Waals surface area (Å²) in [6.45, 7) is 6.24. The van der Waals surface area contributed by atoms with Gasteiger partial charge in [-0.15, -0.1) is 0 Å². The van der Waals surface area contributed by atoms with Gasteiger partial charge in [0.2, 0.25) is 0 Å². The van der Waals surface area contributed by atoms with E-state index in [2.05, 4.69) is 21.2 Å². The minimum atomic E-state index is -0.544. The van der Waals surface area contributed by atoms with Crippen LogP contribution in [0.1, 0.15) is 39.2 Å². The van der Waals surface area contributed by atoms with E-state index in [1.807, 2.05) is 51.1 Å². The van der Waals surface area contributed by atoms with Crippen LogP contribution in [0.2, 0.25) is 0 Å². The zero-order valence-corrected chi connectivity index (χ0v) is 19.0. The first-order valence-corrected chi connectivity index (χ1v) is 10.5. The highest BCUT2D eigenvalue weighted by Crippen LogP contribution is 2.30. The normalized spacial score (nSPS) is 12.6. The van der Waals surface area contributed by atoms with Crippen molar-refractivity contribution in [1.29, 1.82) is 0 Å². The molecule has 0 heterocycles. The molecule has 2 aromatic rings. The van der Waals surface area contributed by atoms with E-state index in [9.17, 15) is 9.90 Å². The molecule has 0 aromatic heterocycles. The third-order valence-corrected chi connectivity index (χ3v) is 4.74. The van der Waals surface area contributed by atoms with Crippen LogP contribution in [0.5, 0.6) is 5.75 Å². The maximum Gasteiger partial charge on any atom is 0.407 e. The molecule has 0 bridgehead atoms. The molecule has 0 spiro atoms. The van der Waals surface area contributed by atoms with Crippen LogP contribution < -0.4 is 10.1 Å². The molecule has 0 aliphatic rings. The molecule has 7 heteroatoms. The van der Waals surface area contributed by atoms with Gasteiger partial charge in [-0.05, 0) is 62.6 Å². The van der Waals surface area contributed by atoms with E-state index in [-0.39, 0.29) is 12.6 Å². The van der Waals surface area contributed by atoms with Gasteiger partial charge >= 0.3 is 6.09 Å². The van der Waals surface area contributed by atoms with Gasteiger partial charge in [-0.3, -0.25) is 0 Å². The van der Waals surface area contributed by atoms with Crippen LogP contribution in [0.4, 0.5) is 4.79 Å². The standard InChI is InChI=1S/C22H30BrNO5/c1-22(2,3)29-21(26)24-17(14-27-4)6-5-11-28-20-10-7-15-12-16(23)8-9-18(15)19(20)13-25/h7-10,12,17,25H,5-6,11,13-14H2,1-4H3,(H,24,26)/t17-/m1/s1. The van der Waals surface area contributed by atoms with Crippen molar-refractivity contribution in [1.82, 2.24) is 5.32 Å². The molecule has 0 saturated heterocycles. The Morgan fingerprint density at radius 2 is 2.00 bits per heavy atom. The molecule has 0 saturated carbocycles. The monoisotopic (exact) mass is 467 g/mol. The molecule has 2 N–H and O–H groups in total. The van der Waals surface area contributed by atoms with Crippen LogP contribution in [0.3, 0.4) is 0 Å². The maximum atomic E-state index is 12.0. The fraction of sp³-hybridized carbons (Fsp3) is 0.500. The molecular weight excluding hydrogens is 438 g/mol. The van der Waals surface area contributed by atoms with E-state index < -0.39 is 11.7 Å². The number of halogens is 1. The summed E-state index contributed by atoms with van der Waals surface area (Å²) in [5.74, 6) is 0.672. The number of carbonyl (C=O) groups is 1. The summed E-state index contributed by atoms with van der Waals surface area (Å²) in [6, 6.07) is 9.62. The van der Waals surface area contributed by atoms with Gasteiger partial charge in [0.1, 0.15) is 11.4 Å². The second kappa shape index (κ2) is 10.8. The molecule has 2 rings (SSSR count). The number of rotatable bonds is 9. The van der Waals surface area contributed by atoms with Crippen molar-refractivity contribution in [2.45, 2.75) is 51.9 Å². The van der Waals surface area contributed by atoms with E-state index in [1.165, 1.54) is 0 Å². The molecule has 0 aliphatic carbocycles. The number of hydrogen-bond donors (Lipinski definition) is 2. The van der Waals surface area contributed by atoms with E-state index in [0.29, 0.717) is 31.8 Å². The summed E-state index contributed by atoms with van der Waals surface area (Å²) in [5.41, 5.74) is 0.229. The SMILES string of the molecule is COC[C@@H](CCCOc1ccc2cc(Br)ccc2c1CO)NC(=O)OC(C)(C)C. The van der Waals surface area contributed by atoms with Gasteiger partial charge in [-0.2, -0.15) is 0 Å². The van der Waals surface area contributed by atoms with Gasteiger partial charge < -0.3 is 24.6 Å². The first kappa shape index (κ1) is 23.4. The molecule has 2 aromatic carbocycles. The largest absolute Gasteiger partial charge is 0.493 e. The number of fused-ring (bicyclic) bond motifs is 1. The number of amides is 1. The Morgan fingerprint density at radius 1 is 1.24 bits per heavy atom. The fourth-order valence-electron chi connectivity index (χ4n) is 3.03. The summed E-state index contributed by atoms with van der Waals surface area (Å²) in [5, 5.41) is 14.7. The van der Waals surface area contributed by atoms with Crippen molar-refractivity contribution < 1.29 is 24.1 Å². The number of methoxy groups -OCH3 is 1. The van der Waals surface area contributed by atoms with E-state index in [0.717, 1.165) is 20.8 Å². The Labute approximate surface area is 180 Å². The average Bonchev–Trinajstić information content (AvgIpc) is 2.63. The predicted molar refractivity (Wildman–Crippen MR) is 117 cm³/mol. The van der Waals surface area contributed by atoms with Gasteiger partial charge in [-0.25, -0.2) is 4.79 Å².